The molecule has 1 N–H and O–H groups in total. The smallest absolute Gasteiger partial charge is 0.300 e. The maximum Gasteiger partial charge on any atom is 0.300 e. The van der Waals surface area contributed by atoms with Gasteiger partial charge in [0, 0.05) is 38.0 Å². The van der Waals surface area contributed by atoms with E-state index in [1.54, 1.807) is 12.5 Å². The summed E-state index contributed by atoms with van der Waals surface area (Å²) in [7, 11) is 0. The molecular weight excluding hydrogens is 334 g/mol. The molecule has 1 amide bonds. The number of furan rings is 1. The van der Waals surface area contributed by atoms with Gasteiger partial charge in [-0.05, 0) is 24.3 Å². The number of rotatable bonds is 3. The molecule has 3 aromatic rings. The molecule has 0 bridgehead atoms. The van der Waals surface area contributed by atoms with E-state index in [2.05, 4.69) is 4.98 Å². The van der Waals surface area contributed by atoms with E-state index in [9.17, 15) is 4.79 Å². The van der Waals surface area contributed by atoms with Crippen molar-refractivity contribution in [3.63, 3.8) is 0 Å². The van der Waals surface area contributed by atoms with E-state index in [0.717, 1.165) is 24.2 Å². The molecule has 7 heteroatoms. The van der Waals surface area contributed by atoms with Crippen LogP contribution in [0.4, 0.5) is 5.69 Å². The summed E-state index contributed by atoms with van der Waals surface area (Å²) in [5.74, 6) is 0.781. The molecule has 1 aliphatic rings. The average Bonchev–Trinajstić information content (AvgIpc) is 3.35. The average molecular weight is 353 g/mol. The van der Waals surface area contributed by atoms with Crippen LogP contribution in [0, 0.1) is 0 Å². The number of hydrogen-bond donors (Lipinski definition) is 1. The maximum atomic E-state index is 12.3. The van der Waals surface area contributed by atoms with Crippen LogP contribution in [0.15, 0.2) is 65.5 Å². The maximum absolute atomic E-state index is 12.3. The van der Waals surface area contributed by atoms with Crippen LogP contribution in [0.3, 0.4) is 0 Å². The molecule has 7 nitrogen and oxygen atoms in total. The van der Waals surface area contributed by atoms with E-state index in [4.69, 9.17) is 14.3 Å². The standard InChI is InChI=1S/C17H15N3O2.C2H4O2/c21-16-11-14(12-20(16)13-5-2-1-3-6-13)19-9-8-18-17(19)15-7-4-10-22-15;1-2(3)4/h1-10,14H,11-12H2;1H3,(H,3,4). The van der Waals surface area contributed by atoms with Gasteiger partial charge in [0.1, 0.15) is 0 Å². The minimum atomic E-state index is -0.833. The second-order valence-corrected chi connectivity index (χ2v) is 5.85. The van der Waals surface area contributed by atoms with Gasteiger partial charge in [-0.25, -0.2) is 4.98 Å². The van der Waals surface area contributed by atoms with Gasteiger partial charge in [-0.2, -0.15) is 0 Å². The largest absolute Gasteiger partial charge is 0.481 e. The Balaban J connectivity index is 0.000000447. The van der Waals surface area contributed by atoms with Crippen molar-refractivity contribution in [3.8, 4) is 11.6 Å². The lowest BCUT2D eigenvalue weighted by Gasteiger charge is -2.17. The highest BCUT2D eigenvalue weighted by molar-refractivity contribution is 5.96. The summed E-state index contributed by atoms with van der Waals surface area (Å²) in [5.41, 5.74) is 0.940. The fourth-order valence-electron chi connectivity index (χ4n) is 2.94. The summed E-state index contributed by atoms with van der Waals surface area (Å²) in [4.78, 5) is 27.5. The number of aromatic nitrogens is 2. The Morgan fingerprint density at radius 1 is 1.23 bits per heavy atom. The number of hydrogen-bond acceptors (Lipinski definition) is 4. The van der Waals surface area contributed by atoms with E-state index in [1.807, 2.05) is 58.1 Å². The summed E-state index contributed by atoms with van der Waals surface area (Å²) in [6.07, 6.45) is 5.75. The molecule has 1 saturated heterocycles. The van der Waals surface area contributed by atoms with Crippen LogP contribution in [0.5, 0.6) is 0 Å². The molecule has 1 atom stereocenters. The van der Waals surface area contributed by atoms with Gasteiger partial charge in [-0.15, -0.1) is 0 Å². The van der Waals surface area contributed by atoms with Crippen LogP contribution < -0.4 is 4.90 Å². The Morgan fingerprint density at radius 3 is 2.62 bits per heavy atom. The first kappa shape index (κ1) is 17.5. The zero-order valence-corrected chi connectivity index (χ0v) is 14.3. The molecule has 0 spiro atoms. The van der Waals surface area contributed by atoms with E-state index >= 15 is 0 Å². The fourth-order valence-corrected chi connectivity index (χ4v) is 2.94. The van der Waals surface area contributed by atoms with E-state index in [1.165, 1.54) is 0 Å². The van der Waals surface area contributed by atoms with Crippen LogP contribution in [-0.4, -0.2) is 33.1 Å². The Kier molecular flexibility index (Phi) is 5.17. The molecule has 4 rings (SSSR count). The molecule has 134 valence electrons. The lowest BCUT2D eigenvalue weighted by atomic mass is 10.2. The minimum absolute atomic E-state index is 0.0651. The molecule has 0 saturated carbocycles. The number of para-hydroxylation sites is 1. The summed E-state index contributed by atoms with van der Waals surface area (Å²) in [6, 6.07) is 13.5. The number of carboxylic acids is 1. The zero-order chi connectivity index (χ0) is 18.5. The highest BCUT2D eigenvalue weighted by Crippen LogP contribution is 2.31. The van der Waals surface area contributed by atoms with Crippen LogP contribution in [-0.2, 0) is 9.59 Å². The van der Waals surface area contributed by atoms with Crippen molar-refractivity contribution in [3.05, 3.63) is 61.1 Å². The van der Waals surface area contributed by atoms with Gasteiger partial charge in [-0.3, -0.25) is 9.59 Å². The quantitative estimate of drug-likeness (QED) is 0.781. The molecule has 1 aliphatic heterocycles. The normalized spacial score (nSPS) is 16.3. The van der Waals surface area contributed by atoms with Crippen molar-refractivity contribution in [1.82, 2.24) is 9.55 Å². The minimum Gasteiger partial charge on any atom is -0.481 e. The first-order chi connectivity index (χ1) is 12.6. The van der Waals surface area contributed by atoms with Crippen LogP contribution in [0.2, 0.25) is 0 Å². The second kappa shape index (κ2) is 7.69. The second-order valence-electron chi connectivity index (χ2n) is 5.85. The lowest BCUT2D eigenvalue weighted by Crippen LogP contribution is -2.24. The highest BCUT2D eigenvalue weighted by atomic mass is 16.4. The predicted molar refractivity (Wildman–Crippen MR) is 95.7 cm³/mol. The lowest BCUT2D eigenvalue weighted by molar-refractivity contribution is -0.134. The van der Waals surface area contributed by atoms with Gasteiger partial charge in [0.2, 0.25) is 5.91 Å². The topological polar surface area (TPSA) is 88.6 Å². The van der Waals surface area contributed by atoms with Gasteiger partial charge < -0.3 is 19.0 Å². The van der Waals surface area contributed by atoms with Crippen LogP contribution >= 0.6 is 0 Å². The third-order valence-corrected chi connectivity index (χ3v) is 3.98. The summed E-state index contributed by atoms with van der Waals surface area (Å²) in [5, 5.41) is 7.42. The SMILES string of the molecule is CC(=O)O.O=C1CC(n2ccnc2-c2ccco2)CN1c1ccccc1. The van der Waals surface area contributed by atoms with Crippen molar-refractivity contribution >= 4 is 17.6 Å². The molecule has 3 heterocycles. The Hall–Kier alpha value is -3.35. The van der Waals surface area contributed by atoms with Crippen molar-refractivity contribution in [2.24, 2.45) is 0 Å². The van der Waals surface area contributed by atoms with Gasteiger partial charge in [0.25, 0.3) is 5.97 Å². The predicted octanol–water partition coefficient (Wildman–Crippen LogP) is 3.21. The van der Waals surface area contributed by atoms with Gasteiger partial charge >= 0.3 is 0 Å². The summed E-state index contributed by atoms with van der Waals surface area (Å²) >= 11 is 0. The van der Waals surface area contributed by atoms with E-state index in [-0.39, 0.29) is 11.9 Å². The van der Waals surface area contributed by atoms with Gasteiger partial charge in [-0.1, -0.05) is 18.2 Å². The number of benzene rings is 1. The van der Waals surface area contributed by atoms with Crippen LogP contribution in [0.25, 0.3) is 11.6 Å². The number of imidazole rings is 1. The molecule has 1 unspecified atom stereocenters. The number of aliphatic carboxylic acids is 1. The first-order valence-corrected chi connectivity index (χ1v) is 8.18. The number of carboxylic acid groups (broad SMARTS) is 1. The molecule has 26 heavy (non-hydrogen) atoms. The van der Waals surface area contributed by atoms with E-state index < -0.39 is 5.97 Å². The van der Waals surface area contributed by atoms with Gasteiger partial charge in [0.15, 0.2) is 11.6 Å². The highest BCUT2D eigenvalue weighted by Gasteiger charge is 2.33. The van der Waals surface area contributed by atoms with Crippen molar-refractivity contribution in [1.29, 1.82) is 0 Å². The third kappa shape index (κ3) is 3.83. The van der Waals surface area contributed by atoms with Crippen molar-refractivity contribution < 1.29 is 19.1 Å². The Morgan fingerprint density at radius 2 is 1.96 bits per heavy atom. The molecule has 2 aromatic heterocycles. The molecule has 1 aromatic carbocycles. The molecule has 0 radical (unpaired) electrons. The van der Waals surface area contributed by atoms with E-state index in [0.29, 0.717) is 13.0 Å². The number of carbonyl (C=O) groups excluding carboxylic acids is 1. The van der Waals surface area contributed by atoms with Crippen molar-refractivity contribution in [2.75, 3.05) is 11.4 Å². The third-order valence-electron chi connectivity index (χ3n) is 3.98. The Bertz CT molecular complexity index is 867. The molecule has 1 fully saturated rings. The molecule has 0 aliphatic carbocycles. The van der Waals surface area contributed by atoms with Crippen LogP contribution in [0.1, 0.15) is 19.4 Å². The number of anilines is 1. The molecular formula is C19H19N3O4. The zero-order valence-electron chi connectivity index (χ0n) is 14.3. The number of amides is 1. The number of carbonyl (C=O) groups is 2. The Labute approximate surface area is 150 Å². The summed E-state index contributed by atoms with van der Waals surface area (Å²) in [6.45, 7) is 1.73. The number of nitrogens with zero attached hydrogens (tertiary/aromatic N) is 3. The monoisotopic (exact) mass is 353 g/mol. The van der Waals surface area contributed by atoms with Crippen molar-refractivity contribution in [2.45, 2.75) is 19.4 Å². The van der Waals surface area contributed by atoms with Gasteiger partial charge in [0.05, 0.1) is 12.3 Å². The fraction of sp³-hybridized carbons (Fsp3) is 0.211. The first-order valence-electron chi connectivity index (χ1n) is 8.18. The summed E-state index contributed by atoms with van der Waals surface area (Å²) < 4.78 is 7.46.